The van der Waals surface area contributed by atoms with E-state index in [0.717, 1.165) is 4.90 Å². The first-order chi connectivity index (χ1) is 8.38. The van der Waals surface area contributed by atoms with Gasteiger partial charge in [-0.2, -0.15) is 5.26 Å². The van der Waals surface area contributed by atoms with E-state index in [1.54, 1.807) is 6.07 Å². The topological polar surface area (TPSA) is 102 Å². The molecule has 7 heteroatoms. The predicted molar refractivity (Wildman–Crippen MR) is 64.1 cm³/mol. The summed E-state index contributed by atoms with van der Waals surface area (Å²) >= 11 is 0. The van der Waals surface area contributed by atoms with E-state index in [9.17, 15) is 14.4 Å². The highest BCUT2D eigenvalue weighted by Crippen LogP contribution is 1.89. The lowest BCUT2D eigenvalue weighted by atomic mass is 10.2. The van der Waals surface area contributed by atoms with Crippen LogP contribution < -0.4 is 10.6 Å². The maximum absolute atomic E-state index is 11.4. The average Bonchev–Trinajstić information content (AvgIpc) is 2.32. The summed E-state index contributed by atoms with van der Waals surface area (Å²) in [4.78, 5) is 35.1. The molecular weight excluding hydrogens is 236 g/mol. The molecule has 18 heavy (non-hydrogen) atoms. The highest BCUT2D eigenvalue weighted by molar-refractivity contribution is 6.35. The number of nitrogens with zero attached hydrogens (tertiary/aromatic N) is 2. The molecule has 0 aliphatic heterocycles. The maximum Gasteiger partial charge on any atom is 0.312 e. The molecule has 2 N–H and O–H groups in total. The Bertz CT molecular complexity index is 360. The Labute approximate surface area is 106 Å². The normalized spacial score (nSPS) is 9.50. The van der Waals surface area contributed by atoms with Gasteiger partial charge < -0.3 is 15.5 Å². The Balaban J connectivity index is 4.11. The Hall–Kier alpha value is -2.10. The summed E-state index contributed by atoms with van der Waals surface area (Å²) in [6.45, 7) is 3.99. The van der Waals surface area contributed by atoms with E-state index in [1.807, 2.05) is 13.8 Å². The molecule has 0 spiro atoms. The standard InChI is InChI=1S/C11H18N4O3/c1-8(2)6-14-9(16)7-15(3)11(18)10(17)13-5-4-12/h8H,5-7H2,1-3H3,(H,13,17)(H,14,16). The number of carbonyl (C=O) groups excluding carboxylic acids is 3. The van der Waals surface area contributed by atoms with Gasteiger partial charge in [0.2, 0.25) is 5.91 Å². The lowest BCUT2D eigenvalue weighted by Gasteiger charge is -2.16. The van der Waals surface area contributed by atoms with E-state index in [1.165, 1.54) is 7.05 Å². The summed E-state index contributed by atoms with van der Waals surface area (Å²) in [5.41, 5.74) is 0. The summed E-state index contributed by atoms with van der Waals surface area (Å²) in [5, 5.41) is 13.0. The Morgan fingerprint density at radius 2 is 1.89 bits per heavy atom. The molecule has 0 aromatic carbocycles. The van der Waals surface area contributed by atoms with Crippen molar-refractivity contribution in [3.63, 3.8) is 0 Å². The Morgan fingerprint density at radius 1 is 1.28 bits per heavy atom. The van der Waals surface area contributed by atoms with Crippen molar-refractivity contribution in [2.75, 3.05) is 26.7 Å². The number of amides is 3. The quantitative estimate of drug-likeness (QED) is 0.478. The molecule has 0 bridgehead atoms. The van der Waals surface area contributed by atoms with Gasteiger partial charge in [-0.15, -0.1) is 0 Å². The zero-order valence-electron chi connectivity index (χ0n) is 10.8. The minimum absolute atomic E-state index is 0.189. The minimum Gasteiger partial charge on any atom is -0.354 e. The molecule has 0 radical (unpaired) electrons. The van der Waals surface area contributed by atoms with Crippen LogP contribution in [0.2, 0.25) is 0 Å². The van der Waals surface area contributed by atoms with Crippen LogP contribution in [-0.4, -0.2) is 49.3 Å². The van der Waals surface area contributed by atoms with Gasteiger partial charge in [0, 0.05) is 13.6 Å². The fourth-order valence-electron chi connectivity index (χ4n) is 1.03. The Morgan fingerprint density at radius 3 is 2.39 bits per heavy atom. The zero-order chi connectivity index (χ0) is 14.1. The fourth-order valence-corrected chi connectivity index (χ4v) is 1.03. The lowest BCUT2D eigenvalue weighted by molar-refractivity contribution is -0.146. The van der Waals surface area contributed by atoms with Crippen molar-refractivity contribution in [2.24, 2.45) is 5.92 Å². The van der Waals surface area contributed by atoms with Crippen molar-refractivity contribution in [1.29, 1.82) is 5.26 Å². The molecule has 0 saturated carbocycles. The highest BCUT2D eigenvalue weighted by atomic mass is 16.2. The van der Waals surface area contributed by atoms with E-state index in [-0.39, 0.29) is 19.0 Å². The first-order valence-electron chi connectivity index (χ1n) is 5.55. The number of rotatable bonds is 5. The van der Waals surface area contributed by atoms with Crippen LogP contribution in [0.1, 0.15) is 13.8 Å². The molecule has 0 fully saturated rings. The zero-order valence-corrected chi connectivity index (χ0v) is 10.8. The number of hydrogen-bond donors (Lipinski definition) is 2. The number of likely N-dealkylation sites (N-methyl/N-ethyl adjacent to an activating group) is 1. The first kappa shape index (κ1) is 15.9. The van der Waals surface area contributed by atoms with Gasteiger partial charge in [-0.1, -0.05) is 13.8 Å². The third-order valence-corrected chi connectivity index (χ3v) is 1.96. The van der Waals surface area contributed by atoms with E-state index in [0.29, 0.717) is 12.5 Å². The highest BCUT2D eigenvalue weighted by Gasteiger charge is 2.19. The van der Waals surface area contributed by atoms with Gasteiger partial charge >= 0.3 is 11.8 Å². The van der Waals surface area contributed by atoms with Gasteiger partial charge in [-0.05, 0) is 5.92 Å². The third-order valence-electron chi connectivity index (χ3n) is 1.96. The molecule has 100 valence electrons. The molecular formula is C11H18N4O3. The number of carbonyl (C=O) groups is 3. The van der Waals surface area contributed by atoms with Crippen LogP contribution in [0.25, 0.3) is 0 Å². The maximum atomic E-state index is 11.4. The molecule has 0 heterocycles. The summed E-state index contributed by atoms with van der Waals surface area (Å²) < 4.78 is 0. The van der Waals surface area contributed by atoms with Gasteiger partial charge in [0.15, 0.2) is 0 Å². The second-order valence-corrected chi connectivity index (χ2v) is 4.20. The minimum atomic E-state index is -0.893. The van der Waals surface area contributed by atoms with Crippen LogP contribution in [0, 0.1) is 17.2 Å². The second-order valence-electron chi connectivity index (χ2n) is 4.20. The number of nitriles is 1. The number of hydrogen-bond acceptors (Lipinski definition) is 4. The van der Waals surface area contributed by atoms with Crippen LogP contribution >= 0.6 is 0 Å². The van der Waals surface area contributed by atoms with Crippen LogP contribution in [0.4, 0.5) is 0 Å². The van der Waals surface area contributed by atoms with E-state index >= 15 is 0 Å². The van der Waals surface area contributed by atoms with E-state index in [4.69, 9.17) is 5.26 Å². The van der Waals surface area contributed by atoms with Crippen LogP contribution in [-0.2, 0) is 14.4 Å². The SMILES string of the molecule is CC(C)CNC(=O)CN(C)C(=O)C(=O)NCC#N. The van der Waals surface area contributed by atoms with E-state index in [2.05, 4.69) is 10.6 Å². The summed E-state index contributed by atoms with van der Waals surface area (Å²) in [6.07, 6.45) is 0. The molecule has 0 rings (SSSR count). The second kappa shape index (κ2) is 8.06. The lowest BCUT2D eigenvalue weighted by Crippen LogP contribution is -2.45. The molecule has 0 saturated heterocycles. The molecule has 0 aliphatic rings. The molecule has 3 amide bonds. The van der Waals surface area contributed by atoms with Crippen molar-refractivity contribution in [3.8, 4) is 6.07 Å². The molecule has 0 aliphatic carbocycles. The van der Waals surface area contributed by atoms with Gasteiger partial charge in [0.05, 0.1) is 12.6 Å². The molecule has 0 aromatic rings. The van der Waals surface area contributed by atoms with Crippen molar-refractivity contribution in [2.45, 2.75) is 13.8 Å². The smallest absolute Gasteiger partial charge is 0.312 e. The number of nitrogens with one attached hydrogen (secondary N) is 2. The van der Waals surface area contributed by atoms with Gasteiger partial charge in [0.25, 0.3) is 0 Å². The largest absolute Gasteiger partial charge is 0.354 e. The molecule has 0 atom stereocenters. The summed E-state index contributed by atoms with van der Waals surface area (Å²) in [7, 11) is 1.35. The van der Waals surface area contributed by atoms with Crippen molar-refractivity contribution in [3.05, 3.63) is 0 Å². The molecule has 7 nitrogen and oxygen atoms in total. The summed E-state index contributed by atoms with van der Waals surface area (Å²) in [6, 6.07) is 1.68. The molecule has 0 aromatic heterocycles. The van der Waals surface area contributed by atoms with E-state index < -0.39 is 11.8 Å². The first-order valence-corrected chi connectivity index (χ1v) is 5.55. The van der Waals surface area contributed by atoms with Gasteiger partial charge in [-0.3, -0.25) is 14.4 Å². The predicted octanol–water partition coefficient (Wildman–Crippen LogP) is -1.14. The van der Waals surface area contributed by atoms with Gasteiger partial charge in [0.1, 0.15) is 6.54 Å². The van der Waals surface area contributed by atoms with Crippen LogP contribution in [0.15, 0.2) is 0 Å². The van der Waals surface area contributed by atoms with Crippen molar-refractivity contribution < 1.29 is 14.4 Å². The van der Waals surface area contributed by atoms with Crippen LogP contribution in [0.3, 0.4) is 0 Å². The average molecular weight is 254 g/mol. The molecule has 0 unspecified atom stereocenters. The van der Waals surface area contributed by atoms with Crippen molar-refractivity contribution in [1.82, 2.24) is 15.5 Å². The third kappa shape index (κ3) is 6.48. The van der Waals surface area contributed by atoms with Gasteiger partial charge in [-0.25, -0.2) is 0 Å². The monoisotopic (exact) mass is 254 g/mol. The summed E-state index contributed by atoms with van der Waals surface area (Å²) in [5.74, 6) is -1.75. The fraction of sp³-hybridized carbons (Fsp3) is 0.636. The van der Waals surface area contributed by atoms with Crippen LogP contribution in [0.5, 0.6) is 0 Å². The Kier molecular flexibility index (Phi) is 7.12. The van der Waals surface area contributed by atoms with Crippen molar-refractivity contribution >= 4 is 17.7 Å².